The van der Waals surface area contributed by atoms with Crippen LogP contribution in [0.15, 0.2) is 67.3 Å². The summed E-state index contributed by atoms with van der Waals surface area (Å²) in [7, 11) is 0. The Bertz CT molecular complexity index is 848. The molecular weight excluding hydrogens is 288 g/mol. The molecule has 114 valence electrons. The van der Waals surface area contributed by atoms with Crippen LogP contribution in [0.25, 0.3) is 22.9 Å². The van der Waals surface area contributed by atoms with E-state index in [-0.39, 0.29) is 5.56 Å². The average Bonchev–Trinajstić information content (AvgIpc) is 3.10. The number of aromatic carboxylic acids is 1. The number of allylic oxidation sites excluding steroid dienone is 1. The quantitative estimate of drug-likeness (QED) is 0.783. The van der Waals surface area contributed by atoms with E-state index < -0.39 is 5.97 Å². The summed E-state index contributed by atoms with van der Waals surface area (Å²) in [6.07, 6.45) is 9.21. The smallest absolute Gasteiger partial charge is 0.335 e. The molecule has 4 nitrogen and oxygen atoms in total. The molecule has 1 aromatic heterocycles. The number of hydrogen-bond acceptors (Lipinski definition) is 2. The Balaban J connectivity index is 2.02. The van der Waals surface area contributed by atoms with E-state index in [4.69, 9.17) is 5.11 Å². The number of benzene rings is 2. The maximum absolute atomic E-state index is 11.1. The molecule has 0 aliphatic heterocycles. The fourth-order valence-electron chi connectivity index (χ4n) is 2.50. The Morgan fingerprint density at radius 1 is 1.17 bits per heavy atom. The molecule has 3 rings (SSSR count). The predicted molar refractivity (Wildman–Crippen MR) is 90.7 cm³/mol. The third kappa shape index (κ3) is 3.06. The van der Waals surface area contributed by atoms with Gasteiger partial charge in [0.1, 0.15) is 0 Å². The largest absolute Gasteiger partial charge is 0.478 e. The molecule has 1 heterocycles. The zero-order chi connectivity index (χ0) is 16.2. The van der Waals surface area contributed by atoms with Crippen LogP contribution in [-0.4, -0.2) is 20.6 Å². The molecule has 0 aliphatic rings. The van der Waals surface area contributed by atoms with Crippen LogP contribution in [-0.2, 0) is 0 Å². The number of carbonyl (C=O) groups is 1. The minimum atomic E-state index is -0.919. The van der Waals surface area contributed by atoms with E-state index in [2.05, 4.69) is 4.98 Å². The highest BCUT2D eigenvalue weighted by molar-refractivity contribution is 5.90. The third-order valence-electron chi connectivity index (χ3n) is 3.63. The number of rotatable bonds is 4. The summed E-state index contributed by atoms with van der Waals surface area (Å²) in [5, 5.41) is 9.15. The van der Waals surface area contributed by atoms with Crippen molar-refractivity contribution in [1.29, 1.82) is 0 Å². The van der Waals surface area contributed by atoms with Crippen LogP contribution in [0.2, 0.25) is 0 Å². The van der Waals surface area contributed by atoms with Gasteiger partial charge in [0.25, 0.3) is 0 Å². The topological polar surface area (TPSA) is 55.1 Å². The van der Waals surface area contributed by atoms with Gasteiger partial charge in [0.2, 0.25) is 0 Å². The van der Waals surface area contributed by atoms with Crippen molar-refractivity contribution in [3.63, 3.8) is 0 Å². The van der Waals surface area contributed by atoms with Crippen molar-refractivity contribution in [3.05, 3.63) is 78.4 Å². The summed E-state index contributed by atoms with van der Waals surface area (Å²) in [5.74, 6) is -0.919. The van der Waals surface area contributed by atoms with Crippen molar-refractivity contribution in [2.75, 3.05) is 0 Å². The van der Waals surface area contributed by atoms with Gasteiger partial charge in [-0.3, -0.25) is 0 Å². The standard InChI is InChI=1S/C19H16N2O2/c1-2-3-15-12-16(19(22)23)6-9-18(15)14-4-7-17(8-5-14)21-11-10-20-13-21/h2-13H,1H3,(H,22,23)/b3-2+. The van der Waals surface area contributed by atoms with Crippen molar-refractivity contribution in [2.45, 2.75) is 6.92 Å². The molecule has 0 bridgehead atoms. The molecule has 4 heteroatoms. The molecule has 2 aromatic carbocycles. The van der Waals surface area contributed by atoms with Crippen molar-refractivity contribution < 1.29 is 9.90 Å². The first-order valence-electron chi connectivity index (χ1n) is 7.28. The van der Waals surface area contributed by atoms with E-state index in [1.54, 1.807) is 24.7 Å². The maximum Gasteiger partial charge on any atom is 0.335 e. The lowest BCUT2D eigenvalue weighted by Crippen LogP contribution is -1.97. The molecule has 0 spiro atoms. The normalized spacial score (nSPS) is 11.0. The van der Waals surface area contributed by atoms with Crippen LogP contribution in [0.1, 0.15) is 22.8 Å². The minimum Gasteiger partial charge on any atom is -0.478 e. The van der Waals surface area contributed by atoms with E-state index in [1.807, 2.05) is 60.2 Å². The number of imidazole rings is 1. The third-order valence-corrected chi connectivity index (χ3v) is 3.63. The monoisotopic (exact) mass is 304 g/mol. The molecule has 0 aliphatic carbocycles. The molecule has 0 saturated heterocycles. The minimum absolute atomic E-state index is 0.289. The van der Waals surface area contributed by atoms with Crippen molar-refractivity contribution in [3.8, 4) is 16.8 Å². The van der Waals surface area contributed by atoms with Crippen LogP contribution < -0.4 is 0 Å². The SMILES string of the molecule is C/C=C/c1cc(C(=O)O)ccc1-c1ccc(-n2ccnc2)cc1. The predicted octanol–water partition coefficient (Wildman–Crippen LogP) is 4.27. The van der Waals surface area contributed by atoms with Crippen LogP contribution >= 0.6 is 0 Å². The Hall–Kier alpha value is -3.14. The summed E-state index contributed by atoms with van der Waals surface area (Å²) >= 11 is 0. The molecule has 0 amide bonds. The van der Waals surface area contributed by atoms with Gasteiger partial charge in [-0.2, -0.15) is 0 Å². The molecule has 0 radical (unpaired) electrons. The second-order valence-corrected chi connectivity index (χ2v) is 5.12. The molecule has 3 aromatic rings. The Morgan fingerprint density at radius 2 is 1.96 bits per heavy atom. The van der Waals surface area contributed by atoms with E-state index in [9.17, 15) is 4.79 Å². The van der Waals surface area contributed by atoms with Crippen molar-refractivity contribution in [2.24, 2.45) is 0 Å². The van der Waals surface area contributed by atoms with E-state index >= 15 is 0 Å². The van der Waals surface area contributed by atoms with E-state index in [1.165, 1.54) is 0 Å². The molecule has 23 heavy (non-hydrogen) atoms. The highest BCUT2D eigenvalue weighted by atomic mass is 16.4. The van der Waals surface area contributed by atoms with Crippen molar-refractivity contribution in [1.82, 2.24) is 9.55 Å². The van der Waals surface area contributed by atoms with Gasteiger partial charge < -0.3 is 9.67 Å². The van der Waals surface area contributed by atoms with Gasteiger partial charge >= 0.3 is 5.97 Å². The van der Waals surface area contributed by atoms with Gasteiger partial charge in [-0.15, -0.1) is 0 Å². The maximum atomic E-state index is 11.1. The number of hydrogen-bond donors (Lipinski definition) is 1. The highest BCUT2D eigenvalue weighted by Crippen LogP contribution is 2.27. The first-order chi connectivity index (χ1) is 11.2. The van der Waals surface area contributed by atoms with Gasteiger partial charge in [-0.05, 0) is 47.9 Å². The summed E-state index contributed by atoms with van der Waals surface area (Å²) in [6.45, 7) is 1.92. The Morgan fingerprint density at radius 3 is 2.57 bits per heavy atom. The first-order valence-corrected chi connectivity index (χ1v) is 7.28. The number of carboxylic acids is 1. The van der Waals surface area contributed by atoms with Gasteiger partial charge in [-0.1, -0.05) is 30.4 Å². The second kappa shape index (κ2) is 6.32. The molecule has 0 atom stereocenters. The average molecular weight is 304 g/mol. The molecule has 1 N–H and O–H groups in total. The summed E-state index contributed by atoms with van der Waals surface area (Å²) < 4.78 is 1.93. The Kier molecular flexibility index (Phi) is 4.06. The zero-order valence-electron chi connectivity index (χ0n) is 12.7. The number of aromatic nitrogens is 2. The van der Waals surface area contributed by atoms with Gasteiger partial charge in [0, 0.05) is 18.1 Å². The fourth-order valence-corrected chi connectivity index (χ4v) is 2.50. The number of carboxylic acid groups (broad SMARTS) is 1. The van der Waals surface area contributed by atoms with E-state index in [0.29, 0.717) is 0 Å². The van der Waals surface area contributed by atoms with E-state index in [0.717, 1.165) is 22.4 Å². The summed E-state index contributed by atoms with van der Waals surface area (Å²) in [5.41, 5.74) is 4.25. The lowest BCUT2D eigenvalue weighted by atomic mass is 9.97. The first kappa shape index (κ1) is 14.8. The molecule has 0 fully saturated rings. The number of nitrogens with zero attached hydrogens (tertiary/aromatic N) is 2. The second-order valence-electron chi connectivity index (χ2n) is 5.12. The molecule has 0 unspecified atom stereocenters. The van der Waals surface area contributed by atoms with Crippen LogP contribution in [0.4, 0.5) is 0 Å². The molecule has 0 saturated carbocycles. The van der Waals surface area contributed by atoms with Crippen LogP contribution in [0.3, 0.4) is 0 Å². The van der Waals surface area contributed by atoms with Gasteiger partial charge in [-0.25, -0.2) is 9.78 Å². The lowest BCUT2D eigenvalue weighted by molar-refractivity contribution is 0.0697. The summed E-state index contributed by atoms with van der Waals surface area (Å²) in [4.78, 5) is 15.2. The zero-order valence-corrected chi connectivity index (χ0v) is 12.7. The fraction of sp³-hybridized carbons (Fsp3) is 0.0526. The van der Waals surface area contributed by atoms with Gasteiger partial charge in [0.05, 0.1) is 11.9 Å². The van der Waals surface area contributed by atoms with Crippen LogP contribution in [0.5, 0.6) is 0 Å². The Labute approximate surface area is 134 Å². The lowest BCUT2D eigenvalue weighted by Gasteiger charge is -2.09. The molecular formula is C19H16N2O2. The summed E-state index contributed by atoms with van der Waals surface area (Å²) in [6, 6.07) is 13.3. The highest BCUT2D eigenvalue weighted by Gasteiger charge is 2.08. The van der Waals surface area contributed by atoms with Crippen LogP contribution in [0, 0.1) is 0 Å². The van der Waals surface area contributed by atoms with Crippen molar-refractivity contribution >= 4 is 12.0 Å². The van der Waals surface area contributed by atoms with Gasteiger partial charge in [0.15, 0.2) is 0 Å².